The van der Waals surface area contributed by atoms with Crippen molar-refractivity contribution in [2.24, 2.45) is 5.84 Å². The van der Waals surface area contributed by atoms with E-state index in [9.17, 15) is 0 Å². The first-order valence-corrected chi connectivity index (χ1v) is 3.85. The van der Waals surface area contributed by atoms with Gasteiger partial charge in [-0.1, -0.05) is 0 Å². The summed E-state index contributed by atoms with van der Waals surface area (Å²) in [6.45, 7) is 2.11. The van der Waals surface area contributed by atoms with E-state index in [1.54, 1.807) is 0 Å². The van der Waals surface area contributed by atoms with Gasteiger partial charge < -0.3 is 17.1 Å². The van der Waals surface area contributed by atoms with Crippen molar-refractivity contribution < 1.29 is 21.7 Å². The van der Waals surface area contributed by atoms with E-state index in [0.717, 1.165) is 6.54 Å². The van der Waals surface area contributed by atoms with Crippen LogP contribution in [0.4, 0.5) is 0 Å². The lowest BCUT2D eigenvalue weighted by atomic mass is 10.6. The third-order valence-electron chi connectivity index (χ3n) is 1.03. The number of alkyl halides is 1. The topological polar surface area (TPSA) is 35.2 Å². The standard InChI is InChI=1S/C6H16ClN2O.ClH/c1-9(2,8)4-6-10-5-3-7;/h3-6,8H2,1-2H3;1H/q+1;/p-1. The number of ether oxygens (including phenoxy) is 1. The summed E-state index contributed by atoms with van der Waals surface area (Å²) in [4.78, 5) is 0. The highest BCUT2D eigenvalue weighted by Gasteiger charge is 2.06. The van der Waals surface area contributed by atoms with Gasteiger partial charge in [0.25, 0.3) is 0 Å². The molecule has 0 heterocycles. The second kappa shape index (κ2) is 7.13. The number of hydrogen-bond donors (Lipinski definition) is 1. The maximum atomic E-state index is 5.64. The molecule has 0 amide bonds. The fourth-order valence-corrected chi connectivity index (χ4v) is 0.566. The molecule has 0 fully saturated rings. The normalized spacial score (nSPS) is 10.9. The Balaban J connectivity index is 0. The first-order valence-electron chi connectivity index (χ1n) is 3.31. The van der Waals surface area contributed by atoms with Crippen LogP contribution in [0.25, 0.3) is 0 Å². The lowest BCUT2D eigenvalue weighted by Gasteiger charge is -2.21. The predicted octanol–water partition coefficient (Wildman–Crippen LogP) is -2.80. The van der Waals surface area contributed by atoms with Crippen LogP contribution < -0.4 is 18.2 Å². The number of likely N-dealkylation sites (N-methyl/N-ethyl adjacent to an activating group) is 1. The van der Waals surface area contributed by atoms with Crippen LogP contribution in [0.5, 0.6) is 0 Å². The van der Waals surface area contributed by atoms with Crippen molar-refractivity contribution in [3.05, 3.63) is 0 Å². The quantitative estimate of drug-likeness (QED) is 0.172. The smallest absolute Gasteiger partial charge is 0.119 e. The van der Waals surface area contributed by atoms with Gasteiger partial charge in [0.2, 0.25) is 0 Å². The highest BCUT2D eigenvalue weighted by atomic mass is 35.5. The Bertz CT molecular complexity index is 85.1. The Morgan fingerprint density at radius 2 is 1.91 bits per heavy atom. The zero-order valence-corrected chi connectivity index (χ0v) is 8.53. The van der Waals surface area contributed by atoms with Crippen LogP contribution >= 0.6 is 11.6 Å². The summed E-state index contributed by atoms with van der Waals surface area (Å²) >= 11 is 5.39. The monoisotopic (exact) mass is 202 g/mol. The molecule has 2 N–H and O–H groups in total. The molecule has 0 radical (unpaired) electrons. The second-order valence-corrected chi connectivity index (χ2v) is 3.18. The lowest BCUT2D eigenvalue weighted by Crippen LogP contribution is -3.00. The molecule has 0 unspecified atom stereocenters. The van der Waals surface area contributed by atoms with Crippen LogP contribution in [0.3, 0.4) is 0 Å². The molecule has 70 valence electrons. The number of nitrogens with zero attached hydrogens (tertiary/aromatic N) is 1. The molecule has 0 aliphatic carbocycles. The highest BCUT2D eigenvalue weighted by molar-refractivity contribution is 6.17. The lowest BCUT2D eigenvalue weighted by molar-refractivity contribution is -0.902. The van der Waals surface area contributed by atoms with Gasteiger partial charge in [0.1, 0.15) is 6.54 Å². The maximum Gasteiger partial charge on any atom is 0.119 e. The minimum atomic E-state index is 0. The highest BCUT2D eigenvalue weighted by Crippen LogP contribution is 1.85. The van der Waals surface area contributed by atoms with Gasteiger partial charge in [0, 0.05) is 5.88 Å². The number of rotatable bonds is 5. The second-order valence-electron chi connectivity index (χ2n) is 2.80. The molecule has 11 heavy (non-hydrogen) atoms. The summed E-state index contributed by atoms with van der Waals surface area (Å²) in [5.74, 6) is 6.20. The Kier molecular flexibility index (Phi) is 9.08. The molecule has 0 bridgehead atoms. The van der Waals surface area contributed by atoms with Crippen LogP contribution in [0.15, 0.2) is 0 Å². The molecule has 5 heteroatoms. The summed E-state index contributed by atoms with van der Waals surface area (Å²) in [5.41, 5.74) is 0. The fourth-order valence-electron chi connectivity index (χ4n) is 0.456. The Hall–Kier alpha value is 0.460. The molecule has 0 aliphatic rings. The van der Waals surface area contributed by atoms with Gasteiger partial charge in [0.15, 0.2) is 0 Å². The largest absolute Gasteiger partial charge is 1.00 e. The van der Waals surface area contributed by atoms with Crippen molar-refractivity contribution in [3.8, 4) is 0 Å². The Morgan fingerprint density at radius 1 is 1.36 bits per heavy atom. The number of nitrogens with two attached hydrogens (primary N) is 1. The van der Waals surface area contributed by atoms with E-state index in [-0.39, 0.29) is 12.4 Å². The van der Waals surface area contributed by atoms with E-state index in [1.807, 2.05) is 14.1 Å². The summed E-state index contributed by atoms with van der Waals surface area (Å²) < 4.78 is 5.58. The molecule has 0 rings (SSSR count). The molecule has 0 aliphatic heterocycles. The van der Waals surface area contributed by atoms with Gasteiger partial charge in [-0.25, -0.2) is 0 Å². The van der Waals surface area contributed by atoms with Gasteiger partial charge >= 0.3 is 0 Å². The number of quaternary nitrogens is 1. The van der Waals surface area contributed by atoms with E-state index in [1.165, 1.54) is 0 Å². The molecule has 0 aromatic carbocycles. The third-order valence-corrected chi connectivity index (χ3v) is 1.19. The van der Waals surface area contributed by atoms with E-state index in [0.29, 0.717) is 23.7 Å². The van der Waals surface area contributed by atoms with Gasteiger partial charge in [-0.15, -0.1) is 11.6 Å². The molecule has 0 atom stereocenters. The molecular formula is C6H16Cl2N2O. The van der Waals surface area contributed by atoms with Crippen molar-refractivity contribution in [1.82, 2.24) is 0 Å². The van der Waals surface area contributed by atoms with Gasteiger partial charge in [-0.3, -0.25) is 4.59 Å². The molecule has 0 aromatic heterocycles. The van der Waals surface area contributed by atoms with E-state index in [2.05, 4.69) is 0 Å². The fraction of sp³-hybridized carbons (Fsp3) is 1.00. The summed E-state index contributed by atoms with van der Waals surface area (Å²) in [7, 11) is 3.84. The van der Waals surface area contributed by atoms with Gasteiger partial charge in [-0.2, -0.15) is 5.84 Å². The van der Waals surface area contributed by atoms with E-state index >= 15 is 0 Å². The van der Waals surface area contributed by atoms with Crippen molar-refractivity contribution in [2.75, 3.05) is 39.7 Å². The third kappa shape index (κ3) is 13.5. The predicted molar refractivity (Wildman–Crippen MR) is 42.7 cm³/mol. The van der Waals surface area contributed by atoms with Gasteiger partial charge in [-0.05, 0) is 0 Å². The summed E-state index contributed by atoms with van der Waals surface area (Å²) in [6.07, 6.45) is 0. The maximum absolute atomic E-state index is 5.64. The van der Waals surface area contributed by atoms with Crippen LogP contribution in [-0.2, 0) is 4.74 Å². The van der Waals surface area contributed by atoms with Crippen molar-refractivity contribution in [3.63, 3.8) is 0 Å². The number of hydrogen-bond acceptors (Lipinski definition) is 2. The molecule has 0 saturated carbocycles. The number of halogens is 2. The first kappa shape index (κ1) is 14.0. The van der Waals surface area contributed by atoms with Gasteiger partial charge in [0.05, 0.1) is 27.3 Å². The van der Waals surface area contributed by atoms with E-state index in [4.69, 9.17) is 22.2 Å². The Labute approximate surface area is 79.4 Å². The van der Waals surface area contributed by atoms with Crippen molar-refractivity contribution in [1.29, 1.82) is 0 Å². The van der Waals surface area contributed by atoms with E-state index < -0.39 is 0 Å². The molecule has 3 nitrogen and oxygen atoms in total. The molecule has 0 aromatic rings. The van der Waals surface area contributed by atoms with Crippen molar-refractivity contribution in [2.45, 2.75) is 0 Å². The minimum absolute atomic E-state index is 0. The molecular weight excluding hydrogens is 187 g/mol. The minimum Gasteiger partial charge on any atom is -1.00 e. The first-order chi connectivity index (χ1) is 4.56. The zero-order valence-electron chi connectivity index (χ0n) is 7.02. The van der Waals surface area contributed by atoms with Crippen LogP contribution in [0, 0.1) is 0 Å². The van der Waals surface area contributed by atoms with Crippen molar-refractivity contribution >= 4 is 11.6 Å². The molecule has 0 saturated heterocycles. The Morgan fingerprint density at radius 3 is 2.27 bits per heavy atom. The SMILES string of the molecule is C[N+](C)(N)CCOCCCl.[Cl-]. The average Bonchev–Trinajstić information content (AvgIpc) is 1.78. The molecule has 0 spiro atoms. The van der Waals surface area contributed by atoms with Crippen LogP contribution in [0.2, 0.25) is 0 Å². The summed E-state index contributed by atoms with van der Waals surface area (Å²) in [6, 6.07) is 0. The summed E-state index contributed by atoms with van der Waals surface area (Å²) in [5, 5.41) is 0. The van der Waals surface area contributed by atoms with Crippen LogP contribution in [0.1, 0.15) is 0 Å². The zero-order chi connectivity index (χ0) is 8.04. The average molecular weight is 203 g/mol. The van der Waals surface area contributed by atoms with Crippen LogP contribution in [-0.4, -0.2) is 44.3 Å².